The molecule has 0 bridgehead atoms. The predicted molar refractivity (Wildman–Crippen MR) is 101 cm³/mol. The average Bonchev–Trinajstić information content (AvgIpc) is 3.21. The van der Waals surface area contributed by atoms with Gasteiger partial charge in [-0.15, -0.1) is 0 Å². The second-order valence-electron chi connectivity index (χ2n) is 7.53. The van der Waals surface area contributed by atoms with E-state index in [0.29, 0.717) is 12.2 Å². The van der Waals surface area contributed by atoms with Crippen molar-refractivity contribution in [1.82, 2.24) is 14.9 Å². The van der Waals surface area contributed by atoms with Gasteiger partial charge < -0.3 is 19.4 Å². The Bertz CT molecular complexity index is 1090. The number of aromatic nitrogens is 2. The van der Waals surface area contributed by atoms with Crippen LogP contribution in [0.2, 0.25) is 0 Å². The molecule has 3 aromatic rings. The summed E-state index contributed by atoms with van der Waals surface area (Å²) in [6.07, 6.45) is 1.51. The molecule has 0 saturated carbocycles. The molecule has 1 amide bonds. The van der Waals surface area contributed by atoms with Crippen molar-refractivity contribution in [3.8, 4) is 11.5 Å². The van der Waals surface area contributed by atoms with E-state index in [1.54, 1.807) is 19.0 Å². The van der Waals surface area contributed by atoms with Crippen LogP contribution in [0.25, 0.3) is 11.0 Å². The molecule has 3 heterocycles. The molecule has 0 saturated heterocycles. The van der Waals surface area contributed by atoms with E-state index >= 15 is 0 Å². The van der Waals surface area contributed by atoms with Crippen molar-refractivity contribution in [3.05, 3.63) is 52.8 Å². The standard InChI is InChI=1S/C21H21N3O3/c1-12-22-16-10-14(20(25)24(2)3)13-8-9-21(27-19(13)18(16)23-12)11-26-17-7-5-4-6-15(17)21/h4-7,10H,8-9,11H2,1-3H3,(H,22,23). The summed E-state index contributed by atoms with van der Waals surface area (Å²) in [7, 11) is 3.53. The highest BCUT2D eigenvalue weighted by Crippen LogP contribution is 2.49. The third-order valence-corrected chi connectivity index (χ3v) is 5.51. The third-order valence-electron chi connectivity index (χ3n) is 5.51. The number of H-pyrrole nitrogens is 1. The van der Waals surface area contributed by atoms with Gasteiger partial charge in [0, 0.05) is 30.8 Å². The minimum atomic E-state index is -0.519. The Labute approximate surface area is 157 Å². The molecule has 27 heavy (non-hydrogen) atoms. The number of aryl methyl sites for hydroxylation is 1. The van der Waals surface area contributed by atoms with E-state index in [-0.39, 0.29) is 5.91 Å². The minimum absolute atomic E-state index is 0.0311. The molecule has 0 fully saturated rings. The van der Waals surface area contributed by atoms with Gasteiger partial charge in [0.1, 0.15) is 23.7 Å². The Hall–Kier alpha value is -3.02. The summed E-state index contributed by atoms with van der Waals surface area (Å²) in [5.41, 5.74) is 3.76. The zero-order valence-corrected chi connectivity index (χ0v) is 15.6. The average molecular weight is 363 g/mol. The molecule has 1 atom stereocenters. The number of nitrogens with one attached hydrogen (secondary N) is 1. The lowest BCUT2D eigenvalue weighted by Gasteiger charge is -2.35. The van der Waals surface area contributed by atoms with Gasteiger partial charge in [-0.25, -0.2) is 4.98 Å². The van der Waals surface area contributed by atoms with Crippen molar-refractivity contribution in [3.63, 3.8) is 0 Å². The van der Waals surface area contributed by atoms with Gasteiger partial charge in [-0.3, -0.25) is 4.79 Å². The highest BCUT2D eigenvalue weighted by atomic mass is 16.6. The van der Waals surface area contributed by atoms with Crippen LogP contribution >= 0.6 is 0 Å². The molecule has 0 radical (unpaired) electrons. The monoisotopic (exact) mass is 363 g/mol. The van der Waals surface area contributed by atoms with E-state index in [1.807, 2.05) is 31.2 Å². The quantitative estimate of drug-likeness (QED) is 0.721. The number of amides is 1. The zero-order chi connectivity index (χ0) is 18.8. The van der Waals surface area contributed by atoms with E-state index in [4.69, 9.17) is 9.47 Å². The molecule has 5 rings (SSSR count). The molecular weight excluding hydrogens is 342 g/mol. The molecule has 0 aliphatic carbocycles. The SMILES string of the molecule is Cc1nc2cc(C(=O)N(C)C)c3c(c2[nH]1)OC1(CC3)COc2ccccc21. The maximum absolute atomic E-state index is 12.8. The van der Waals surface area contributed by atoms with E-state index in [0.717, 1.165) is 52.3 Å². The van der Waals surface area contributed by atoms with Gasteiger partial charge in [-0.1, -0.05) is 18.2 Å². The summed E-state index contributed by atoms with van der Waals surface area (Å²) in [6.45, 7) is 2.39. The highest BCUT2D eigenvalue weighted by molar-refractivity contribution is 6.01. The van der Waals surface area contributed by atoms with Crippen LogP contribution in [0.5, 0.6) is 11.5 Å². The Morgan fingerprint density at radius 3 is 2.93 bits per heavy atom. The largest absolute Gasteiger partial charge is 0.489 e. The number of nitrogens with zero attached hydrogens (tertiary/aromatic N) is 2. The Kier molecular flexibility index (Phi) is 3.29. The number of fused-ring (bicyclic) bond motifs is 5. The van der Waals surface area contributed by atoms with Crippen molar-refractivity contribution in [2.24, 2.45) is 0 Å². The summed E-state index contributed by atoms with van der Waals surface area (Å²) in [6, 6.07) is 9.90. The molecular formula is C21H21N3O3. The molecule has 2 aliphatic rings. The van der Waals surface area contributed by atoms with Crippen LogP contribution in [0.4, 0.5) is 0 Å². The number of carbonyl (C=O) groups excluding carboxylic acids is 1. The summed E-state index contributed by atoms with van der Waals surface area (Å²) in [5, 5.41) is 0. The second kappa shape index (κ2) is 5.49. The molecule has 2 aliphatic heterocycles. The number of hydrogen-bond donors (Lipinski definition) is 1. The van der Waals surface area contributed by atoms with Crippen molar-refractivity contribution in [2.45, 2.75) is 25.4 Å². The smallest absolute Gasteiger partial charge is 0.253 e. The number of para-hydroxylation sites is 1. The van der Waals surface area contributed by atoms with Crippen LogP contribution in [0.1, 0.15) is 33.7 Å². The van der Waals surface area contributed by atoms with Gasteiger partial charge >= 0.3 is 0 Å². The molecule has 1 spiro atoms. The highest BCUT2D eigenvalue weighted by Gasteiger charge is 2.46. The lowest BCUT2D eigenvalue weighted by atomic mass is 9.84. The second-order valence-corrected chi connectivity index (χ2v) is 7.53. The van der Waals surface area contributed by atoms with E-state index < -0.39 is 5.60 Å². The molecule has 1 N–H and O–H groups in total. The topological polar surface area (TPSA) is 67.5 Å². The van der Waals surface area contributed by atoms with Crippen LogP contribution in [-0.2, 0) is 12.0 Å². The zero-order valence-electron chi connectivity index (χ0n) is 15.6. The number of imidazole rings is 1. The van der Waals surface area contributed by atoms with Crippen molar-refractivity contribution < 1.29 is 14.3 Å². The Balaban J connectivity index is 1.72. The molecule has 2 aromatic carbocycles. The molecule has 6 heteroatoms. The molecule has 138 valence electrons. The lowest BCUT2D eigenvalue weighted by Crippen LogP contribution is -2.39. The van der Waals surface area contributed by atoms with Crippen molar-refractivity contribution in [2.75, 3.05) is 20.7 Å². The molecule has 6 nitrogen and oxygen atoms in total. The number of rotatable bonds is 1. The van der Waals surface area contributed by atoms with Gasteiger partial charge in [0.2, 0.25) is 0 Å². The van der Waals surface area contributed by atoms with Crippen molar-refractivity contribution >= 4 is 16.9 Å². The summed E-state index contributed by atoms with van der Waals surface area (Å²) in [4.78, 5) is 22.2. The summed E-state index contributed by atoms with van der Waals surface area (Å²) >= 11 is 0. The number of aromatic amines is 1. The van der Waals surface area contributed by atoms with E-state index in [9.17, 15) is 4.79 Å². The Morgan fingerprint density at radius 1 is 1.30 bits per heavy atom. The number of benzene rings is 2. The van der Waals surface area contributed by atoms with Gasteiger partial charge in [-0.2, -0.15) is 0 Å². The van der Waals surface area contributed by atoms with Gasteiger partial charge in [0.25, 0.3) is 5.91 Å². The van der Waals surface area contributed by atoms with Gasteiger partial charge in [-0.05, 0) is 31.9 Å². The fourth-order valence-electron chi connectivity index (χ4n) is 4.18. The van der Waals surface area contributed by atoms with Crippen LogP contribution < -0.4 is 9.47 Å². The predicted octanol–water partition coefficient (Wildman–Crippen LogP) is 3.19. The molecule has 1 aromatic heterocycles. The van der Waals surface area contributed by atoms with Crippen LogP contribution in [0.3, 0.4) is 0 Å². The molecule has 1 unspecified atom stereocenters. The van der Waals surface area contributed by atoms with Crippen LogP contribution in [0.15, 0.2) is 30.3 Å². The minimum Gasteiger partial charge on any atom is -0.489 e. The van der Waals surface area contributed by atoms with E-state index in [2.05, 4.69) is 16.0 Å². The maximum atomic E-state index is 12.8. The first-order chi connectivity index (χ1) is 13.0. The summed E-state index contributed by atoms with van der Waals surface area (Å²) in [5.74, 6) is 2.37. The fraction of sp³-hybridized carbons (Fsp3) is 0.333. The maximum Gasteiger partial charge on any atom is 0.253 e. The van der Waals surface area contributed by atoms with Crippen molar-refractivity contribution in [1.29, 1.82) is 0 Å². The normalized spacial score (nSPS) is 20.1. The van der Waals surface area contributed by atoms with Gasteiger partial charge in [0.15, 0.2) is 11.4 Å². The number of carbonyl (C=O) groups is 1. The first-order valence-corrected chi connectivity index (χ1v) is 9.14. The van der Waals surface area contributed by atoms with Crippen LogP contribution in [-0.4, -0.2) is 41.5 Å². The number of hydrogen-bond acceptors (Lipinski definition) is 4. The number of ether oxygens (including phenoxy) is 2. The van der Waals surface area contributed by atoms with Gasteiger partial charge in [0.05, 0.1) is 5.52 Å². The fourth-order valence-corrected chi connectivity index (χ4v) is 4.18. The Morgan fingerprint density at radius 2 is 2.11 bits per heavy atom. The third kappa shape index (κ3) is 2.25. The van der Waals surface area contributed by atoms with Crippen LogP contribution in [0, 0.1) is 6.92 Å². The van der Waals surface area contributed by atoms with E-state index in [1.165, 1.54) is 0 Å². The lowest BCUT2D eigenvalue weighted by molar-refractivity contribution is 0.0238. The first-order valence-electron chi connectivity index (χ1n) is 9.14. The summed E-state index contributed by atoms with van der Waals surface area (Å²) < 4.78 is 12.6. The first kappa shape index (κ1) is 16.2.